The van der Waals surface area contributed by atoms with Crippen LogP contribution in [0.1, 0.15) is 71.1 Å². The molecule has 6 unspecified atom stereocenters. The monoisotopic (exact) mass is 556 g/mol. The van der Waals surface area contributed by atoms with Gasteiger partial charge in [-0.05, 0) is 75.0 Å². The van der Waals surface area contributed by atoms with E-state index in [1.165, 1.54) is 0 Å². The highest BCUT2D eigenvalue weighted by atomic mass is 19.3. The van der Waals surface area contributed by atoms with Crippen LogP contribution in [0.25, 0.3) is 0 Å². The number of hydrogen-bond donors (Lipinski definition) is 0. The van der Waals surface area contributed by atoms with Crippen molar-refractivity contribution in [3.8, 4) is 0 Å². The minimum Gasteiger partial charge on any atom is -0.412 e. The Bertz CT molecular complexity index is 637. The molecule has 0 amide bonds. The molecule has 6 N–H and O–H groups in total. The Labute approximate surface area is 213 Å². The number of hydrogen-bond acceptors (Lipinski definition) is 2. The van der Waals surface area contributed by atoms with E-state index in [4.69, 9.17) is 4.74 Å². The van der Waals surface area contributed by atoms with Crippen LogP contribution >= 0.6 is 0 Å². The summed E-state index contributed by atoms with van der Waals surface area (Å²) in [6.45, 7) is 2.94. The molecule has 6 atom stereocenters. The van der Waals surface area contributed by atoms with Gasteiger partial charge in [0, 0.05) is 19.4 Å². The van der Waals surface area contributed by atoms with Crippen LogP contribution in [0.2, 0.25) is 0 Å². The molecule has 0 spiro atoms. The average molecular weight is 557 g/mol. The fourth-order valence-corrected chi connectivity index (χ4v) is 6.75. The number of ether oxygens (including phenoxy) is 2. The summed E-state index contributed by atoms with van der Waals surface area (Å²) in [6, 6.07) is 0. The molecular formula is C25H43F7O5. The summed E-state index contributed by atoms with van der Waals surface area (Å²) in [5.74, 6) is -1.54. The maximum absolute atomic E-state index is 14.9. The molecule has 4 rings (SSSR count). The standard InChI is InChI=1S/C25H37F7O2.3H2O/c1-13-2-7-22(33-12-13)15-5-3-14(4-6-15)16-8-18(26)23(19(27)9-16)25(31,32)34-17-10-20(28)24(30)21(29)11-17;;;/h13-24H,2-12H2,1H3;3*1H2. The van der Waals surface area contributed by atoms with Crippen molar-refractivity contribution >= 4 is 0 Å². The SMILES string of the molecule is CC1CCC(C2CCC(C3CC(F)C(C(F)(F)OC4CC(F)C(F)C(F)C4)C(F)C3)CC2)OC1.O.O.O. The van der Waals surface area contributed by atoms with Gasteiger partial charge in [-0.2, -0.15) is 8.78 Å². The normalized spacial score (nSPS) is 45.1. The fraction of sp³-hybridized carbons (Fsp3) is 1.00. The van der Waals surface area contributed by atoms with Crippen LogP contribution in [0.5, 0.6) is 0 Å². The third-order valence-electron chi connectivity index (χ3n) is 8.76. The smallest absolute Gasteiger partial charge is 0.364 e. The Kier molecular flexibility index (Phi) is 13.1. The van der Waals surface area contributed by atoms with Crippen LogP contribution in [0, 0.1) is 29.6 Å². The molecule has 1 saturated heterocycles. The third-order valence-corrected chi connectivity index (χ3v) is 8.76. The molecule has 222 valence electrons. The van der Waals surface area contributed by atoms with Crippen LogP contribution in [-0.2, 0) is 9.47 Å². The molecule has 3 saturated carbocycles. The molecular weight excluding hydrogens is 513 g/mol. The van der Waals surface area contributed by atoms with Crippen molar-refractivity contribution in [2.45, 2.75) is 120 Å². The van der Waals surface area contributed by atoms with Crippen LogP contribution in [0.15, 0.2) is 0 Å². The van der Waals surface area contributed by atoms with Crippen LogP contribution in [0.3, 0.4) is 0 Å². The van der Waals surface area contributed by atoms with Gasteiger partial charge in [0.1, 0.15) is 30.6 Å². The second kappa shape index (κ2) is 14.1. The van der Waals surface area contributed by atoms with E-state index in [0.717, 1.165) is 45.1 Å². The van der Waals surface area contributed by atoms with Gasteiger partial charge in [-0.25, -0.2) is 22.0 Å². The van der Waals surface area contributed by atoms with Gasteiger partial charge < -0.3 is 25.9 Å². The van der Waals surface area contributed by atoms with E-state index in [-0.39, 0.29) is 47.2 Å². The molecule has 3 aliphatic carbocycles. The summed E-state index contributed by atoms with van der Waals surface area (Å²) >= 11 is 0. The Morgan fingerprint density at radius 1 is 0.649 bits per heavy atom. The molecule has 0 radical (unpaired) electrons. The van der Waals surface area contributed by atoms with E-state index in [0.29, 0.717) is 11.8 Å². The van der Waals surface area contributed by atoms with Gasteiger partial charge in [-0.15, -0.1) is 0 Å². The van der Waals surface area contributed by atoms with Crippen molar-refractivity contribution in [3.63, 3.8) is 0 Å². The van der Waals surface area contributed by atoms with Gasteiger partial charge >= 0.3 is 6.11 Å². The quantitative estimate of drug-likeness (QED) is 0.460. The van der Waals surface area contributed by atoms with Crippen molar-refractivity contribution in [2.24, 2.45) is 29.6 Å². The maximum Gasteiger partial charge on any atom is 0.364 e. The van der Waals surface area contributed by atoms with Gasteiger partial charge in [0.15, 0.2) is 6.17 Å². The van der Waals surface area contributed by atoms with Gasteiger partial charge in [0.25, 0.3) is 0 Å². The molecule has 0 aromatic rings. The molecule has 37 heavy (non-hydrogen) atoms. The number of halogens is 7. The summed E-state index contributed by atoms with van der Waals surface area (Å²) in [5, 5.41) is 0. The summed E-state index contributed by atoms with van der Waals surface area (Å²) in [4.78, 5) is 0. The molecule has 0 bridgehead atoms. The lowest BCUT2D eigenvalue weighted by molar-refractivity contribution is -0.323. The lowest BCUT2D eigenvalue weighted by Gasteiger charge is -2.44. The van der Waals surface area contributed by atoms with E-state index in [2.05, 4.69) is 11.7 Å². The molecule has 0 aromatic heterocycles. The molecule has 0 aromatic carbocycles. The van der Waals surface area contributed by atoms with Gasteiger partial charge in [-0.1, -0.05) is 6.92 Å². The van der Waals surface area contributed by atoms with Crippen molar-refractivity contribution in [3.05, 3.63) is 0 Å². The van der Waals surface area contributed by atoms with Gasteiger partial charge in [0.2, 0.25) is 0 Å². The first-order valence-electron chi connectivity index (χ1n) is 12.9. The number of alkyl halides is 7. The van der Waals surface area contributed by atoms with E-state index < -0.39 is 61.8 Å². The van der Waals surface area contributed by atoms with Crippen molar-refractivity contribution < 1.29 is 56.6 Å². The van der Waals surface area contributed by atoms with E-state index in [1.54, 1.807) is 0 Å². The first-order chi connectivity index (χ1) is 16.0. The average Bonchev–Trinajstić information content (AvgIpc) is 2.77. The zero-order chi connectivity index (χ0) is 24.6. The highest BCUT2D eigenvalue weighted by molar-refractivity contribution is 4.96. The molecule has 4 aliphatic rings. The van der Waals surface area contributed by atoms with Crippen molar-refractivity contribution in [1.82, 2.24) is 0 Å². The van der Waals surface area contributed by atoms with Crippen LogP contribution < -0.4 is 0 Å². The predicted molar refractivity (Wildman–Crippen MR) is 124 cm³/mol. The third kappa shape index (κ3) is 7.93. The van der Waals surface area contributed by atoms with Gasteiger partial charge in [0.05, 0.1) is 12.2 Å². The second-order valence-electron chi connectivity index (χ2n) is 11.3. The lowest BCUT2D eigenvalue weighted by atomic mass is 9.67. The lowest BCUT2D eigenvalue weighted by Crippen LogP contribution is -2.52. The molecule has 1 aliphatic heterocycles. The van der Waals surface area contributed by atoms with Crippen molar-refractivity contribution in [2.75, 3.05) is 6.61 Å². The Morgan fingerprint density at radius 3 is 1.65 bits per heavy atom. The van der Waals surface area contributed by atoms with E-state index in [9.17, 15) is 30.7 Å². The second-order valence-corrected chi connectivity index (χ2v) is 11.3. The molecule has 1 heterocycles. The summed E-state index contributed by atoms with van der Waals surface area (Å²) in [7, 11) is 0. The maximum atomic E-state index is 14.9. The minimum atomic E-state index is -4.22. The highest BCUT2D eigenvalue weighted by Gasteiger charge is 2.57. The predicted octanol–water partition coefficient (Wildman–Crippen LogP) is 4.62. The zero-order valence-corrected chi connectivity index (χ0v) is 21.2. The Hall–Kier alpha value is -0.690. The molecule has 5 nitrogen and oxygen atoms in total. The Balaban J connectivity index is 0.00000228. The highest BCUT2D eigenvalue weighted by Crippen LogP contribution is 2.49. The van der Waals surface area contributed by atoms with E-state index in [1.807, 2.05) is 0 Å². The van der Waals surface area contributed by atoms with Crippen LogP contribution in [0.4, 0.5) is 30.7 Å². The molecule has 4 fully saturated rings. The summed E-state index contributed by atoms with van der Waals surface area (Å²) in [5.41, 5.74) is 0. The largest absolute Gasteiger partial charge is 0.412 e. The van der Waals surface area contributed by atoms with E-state index >= 15 is 0 Å². The first-order valence-corrected chi connectivity index (χ1v) is 12.9. The summed E-state index contributed by atoms with van der Waals surface area (Å²) in [6.07, 6.45) is -13.0. The zero-order valence-electron chi connectivity index (χ0n) is 21.2. The van der Waals surface area contributed by atoms with Crippen LogP contribution in [-0.4, -0.2) is 72.2 Å². The fourth-order valence-electron chi connectivity index (χ4n) is 6.75. The van der Waals surface area contributed by atoms with Gasteiger partial charge in [-0.3, -0.25) is 0 Å². The Morgan fingerprint density at radius 2 is 1.16 bits per heavy atom. The summed E-state index contributed by atoms with van der Waals surface area (Å²) < 4.78 is 110. The topological polar surface area (TPSA) is 113 Å². The molecule has 12 heteroatoms. The minimum absolute atomic E-state index is 0. The first kappa shape index (κ1) is 34.3. The number of rotatable bonds is 5. The van der Waals surface area contributed by atoms with Crippen molar-refractivity contribution in [1.29, 1.82) is 0 Å².